The van der Waals surface area contributed by atoms with Gasteiger partial charge in [0.05, 0.1) is 6.54 Å². The van der Waals surface area contributed by atoms with E-state index in [0.717, 1.165) is 34.4 Å². The Morgan fingerprint density at radius 1 is 1.00 bits per heavy atom. The maximum absolute atomic E-state index is 12.5. The van der Waals surface area contributed by atoms with Gasteiger partial charge in [0.2, 0.25) is 11.8 Å². The van der Waals surface area contributed by atoms with Crippen molar-refractivity contribution in [2.75, 3.05) is 6.54 Å². The van der Waals surface area contributed by atoms with Crippen LogP contribution in [0.5, 0.6) is 0 Å². The third kappa shape index (κ3) is 3.38. The SMILES string of the molecule is Cc1cc(C)c(C(=O)CN2C(=O)CCCCC2=O)c(C)c1. The molecule has 0 radical (unpaired) electrons. The fourth-order valence-electron chi connectivity index (χ4n) is 2.98. The monoisotopic (exact) mass is 287 g/mol. The van der Waals surface area contributed by atoms with Gasteiger partial charge in [-0.1, -0.05) is 17.7 Å². The number of ketones is 1. The molecule has 2 amide bonds. The van der Waals surface area contributed by atoms with E-state index in [1.807, 2.05) is 32.9 Å². The molecule has 1 aromatic rings. The first-order chi connectivity index (χ1) is 9.90. The zero-order valence-electron chi connectivity index (χ0n) is 12.9. The fourth-order valence-corrected chi connectivity index (χ4v) is 2.98. The van der Waals surface area contributed by atoms with E-state index >= 15 is 0 Å². The summed E-state index contributed by atoms with van der Waals surface area (Å²) in [5, 5.41) is 0. The number of nitrogens with zero attached hydrogens (tertiary/aromatic N) is 1. The number of hydrogen-bond donors (Lipinski definition) is 0. The largest absolute Gasteiger partial charge is 0.292 e. The quantitative estimate of drug-likeness (QED) is 0.634. The Morgan fingerprint density at radius 3 is 1.95 bits per heavy atom. The number of aryl methyl sites for hydroxylation is 3. The van der Waals surface area contributed by atoms with Crippen molar-refractivity contribution in [2.45, 2.75) is 46.5 Å². The van der Waals surface area contributed by atoms with Crippen molar-refractivity contribution >= 4 is 17.6 Å². The Labute approximate surface area is 125 Å². The van der Waals surface area contributed by atoms with Gasteiger partial charge in [0.15, 0.2) is 5.78 Å². The first kappa shape index (κ1) is 15.4. The molecule has 1 aliphatic rings. The van der Waals surface area contributed by atoms with Crippen LogP contribution >= 0.6 is 0 Å². The molecule has 0 unspecified atom stereocenters. The van der Waals surface area contributed by atoms with Gasteiger partial charge in [0.1, 0.15) is 0 Å². The Morgan fingerprint density at radius 2 is 1.48 bits per heavy atom. The van der Waals surface area contributed by atoms with Crippen molar-refractivity contribution in [3.63, 3.8) is 0 Å². The maximum atomic E-state index is 12.5. The van der Waals surface area contributed by atoms with Crippen LogP contribution in [0.15, 0.2) is 12.1 Å². The molecule has 4 heteroatoms. The van der Waals surface area contributed by atoms with E-state index in [9.17, 15) is 14.4 Å². The molecule has 0 N–H and O–H groups in total. The second-order valence-corrected chi connectivity index (χ2v) is 5.78. The highest BCUT2D eigenvalue weighted by Gasteiger charge is 2.27. The highest BCUT2D eigenvalue weighted by atomic mass is 16.2. The maximum Gasteiger partial charge on any atom is 0.229 e. The summed E-state index contributed by atoms with van der Waals surface area (Å²) in [6, 6.07) is 3.90. The van der Waals surface area contributed by atoms with Crippen molar-refractivity contribution < 1.29 is 14.4 Å². The Balaban J connectivity index is 2.25. The smallest absolute Gasteiger partial charge is 0.229 e. The summed E-state index contributed by atoms with van der Waals surface area (Å²) in [7, 11) is 0. The van der Waals surface area contributed by atoms with Gasteiger partial charge in [-0.25, -0.2) is 0 Å². The standard InChI is InChI=1S/C17H21NO3/c1-11-8-12(2)17(13(3)9-11)14(19)10-18-15(20)6-4-5-7-16(18)21/h8-9H,4-7,10H2,1-3H3. The van der Waals surface area contributed by atoms with Gasteiger partial charge in [0.25, 0.3) is 0 Å². The molecule has 1 fully saturated rings. The Kier molecular flexibility index (Phi) is 4.56. The van der Waals surface area contributed by atoms with Crippen molar-refractivity contribution in [3.8, 4) is 0 Å². The molecule has 0 spiro atoms. The molecule has 4 nitrogen and oxygen atoms in total. The molecular weight excluding hydrogens is 266 g/mol. The van der Waals surface area contributed by atoms with Crippen LogP contribution in [0.2, 0.25) is 0 Å². The van der Waals surface area contributed by atoms with Crippen LogP contribution in [-0.2, 0) is 9.59 Å². The van der Waals surface area contributed by atoms with E-state index in [-0.39, 0.29) is 24.1 Å². The van der Waals surface area contributed by atoms with E-state index in [4.69, 9.17) is 0 Å². The predicted octanol–water partition coefficient (Wildman–Crippen LogP) is 2.72. The van der Waals surface area contributed by atoms with Gasteiger partial charge < -0.3 is 0 Å². The lowest BCUT2D eigenvalue weighted by Crippen LogP contribution is -2.39. The Bertz CT molecular complexity index is 563. The molecule has 0 atom stereocenters. The number of imide groups is 1. The molecule has 0 saturated carbocycles. The summed E-state index contributed by atoms with van der Waals surface area (Å²) < 4.78 is 0. The highest BCUT2D eigenvalue weighted by Crippen LogP contribution is 2.19. The minimum atomic E-state index is -0.228. The van der Waals surface area contributed by atoms with Gasteiger partial charge in [-0.3, -0.25) is 19.3 Å². The molecule has 0 aliphatic carbocycles. The molecule has 1 saturated heterocycles. The number of rotatable bonds is 3. The Hall–Kier alpha value is -1.97. The third-order valence-electron chi connectivity index (χ3n) is 3.89. The van der Waals surface area contributed by atoms with Gasteiger partial charge >= 0.3 is 0 Å². The van der Waals surface area contributed by atoms with Gasteiger partial charge in [0, 0.05) is 18.4 Å². The fraction of sp³-hybridized carbons (Fsp3) is 0.471. The summed E-state index contributed by atoms with van der Waals surface area (Å²) >= 11 is 0. The average Bonchev–Trinajstić information content (AvgIpc) is 2.52. The summed E-state index contributed by atoms with van der Waals surface area (Å²) in [6.45, 7) is 5.62. The second-order valence-electron chi connectivity index (χ2n) is 5.78. The van der Waals surface area contributed by atoms with Gasteiger partial charge in [-0.15, -0.1) is 0 Å². The van der Waals surface area contributed by atoms with E-state index in [0.29, 0.717) is 18.4 Å². The minimum absolute atomic E-state index is 0.137. The number of benzene rings is 1. The number of carbonyl (C=O) groups excluding carboxylic acids is 3. The van der Waals surface area contributed by atoms with Crippen molar-refractivity contribution in [1.82, 2.24) is 4.90 Å². The zero-order valence-corrected chi connectivity index (χ0v) is 12.9. The molecule has 21 heavy (non-hydrogen) atoms. The number of hydrogen-bond acceptors (Lipinski definition) is 3. The molecule has 1 aromatic carbocycles. The van der Waals surface area contributed by atoms with Crippen LogP contribution in [0, 0.1) is 20.8 Å². The summed E-state index contributed by atoms with van der Waals surface area (Å²) in [5.74, 6) is -0.616. The predicted molar refractivity (Wildman–Crippen MR) is 80.2 cm³/mol. The first-order valence-electron chi connectivity index (χ1n) is 7.34. The second kappa shape index (κ2) is 6.20. The molecule has 112 valence electrons. The topological polar surface area (TPSA) is 54.5 Å². The van der Waals surface area contributed by atoms with E-state index < -0.39 is 0 Å². The lowest BCUT2D eigenvalue weighted by Gasteiger charge is -2.19. The normalized spacial score (nSPS) is 16.0. The zero-order chi connectivity index (χ0) is 15.6. The summed E-state index contributed by atoms with van der Waals surface area (Å²) in [6.07, 6.45) is 2.14. The number of carbonyl (C=O) groups is 3. The van der Waals surface area contributed by atoms with Crippen LogP contribution in [0.1, 0.15) is 52.7 Å². The molecule has 1 heterocycles. The number of Topliss-reactive ketones (excluding diaryl/α,β-unsaturated/α-hetero) is 1. The first-order valence-corrected chi connectivity index (χ1v) is 7.34. The molecular formula is C17H21NO3. The van der Waals surface area contributed by atoms with Gasteiger partial charge in [-0.2, -0.15) is 0 Å². The van der Waals surface area contributed by atoms with Crippen molar-refractivity contribution in [2.24, 2.45) is 0 Å². The van der Waals surface area contributed by atoms with Gasteiger partial charge in [-0.05, 0) is 44.7 Å². The van der Waals surface area contributed by atoms with E-state index in [1.165, 1.54) is 0 Å². The van der Waals surface area contributed by atoms with Crippen molar-refractivity contribution in [3.05, 3.63) is 34.4 Å². The third-order valence-corrected chi connectivity index (χ3v) is 3.89. The van der Waals surface area contributed by atoms with E-state index in [2.05, 4.69) is 0 Å². The van der Waals surface area contributed by atoms with Crippen molar-refractivity contribution in [1.29, 1.82) is 0 Å². The van der Waals surface area contributed by atoms with Crippen LogP contribution in [-0.4, -0.2) is 29.0 Å². The lowest BCUT2D eigenvalue weighted by molar-refractivity contribution is -0.143. The summed E-state index contributed by atoms with van der Waals surface area (Å²) in [5.41, 5.74) is 3.52. The van der Waals surface area contributed by atoms with Crippen LogP contribution in [0.4, 0.5) is 0 Å². The highest BCUT2D eigenvalue weighted by molar-refractivity contribution is 6.06. The van der Waals surface area contributed by atoms with Crippen LogP contribution in [0.3, 0.4) is 0 Å². The number of amides is 2. The van der Waals surface area contributed by atoms with Crippen LogP contribution in [0.25, 0.3) is 0 Å². The molecule has 0 aromatic heterocycles. The average molecular weight is 287 g/mol. The lowest BCUT2D eigenvalue weighted by atomic mass is 9.96. The van der Waals surface area contributed by atoms with E-state index in [1.54, 1.807) is 0 Å². The summed E-state index contributed by atoms with van der Waals surface area (Å²) in [4.78, 5) is 37.6. The minimum Gasteiger partial charge on any atom is -0.292 e. The molecule has 0 bridgehead atoms. The molecule has 1 aliphatic heterocycles. The molecule has 2 rings (SSSR count). The van der Waals surface area contributed by atoms with Crippen LogP contribution < -0.4 is 0 Å². The number of likely N-dealkylation sites (tertiary alicyclic amines) is 1.